The molecule has 2 aromatic carbocycles. The molecule has 0 saturated heterocycles. The van der Waals surface area contributed by atoms with E-state index in [1.165, 1.54) is 18.2 Å². The Bertz CT molecular complexity index is 1060. The summed E-state index contributed by atoms with van der Waals surface area (Å²) < 4.78 is 38.5. The van der Waals surface area contributed by atoms with E-state index in [2.05, 4.69) is 15.6 Å². The highest BCUT2D eigenvalue weighted by Crippen LogP contribution is 2.30. The van der Waals surface area contributed by atoms with E-state index >= 15 is 0 Å². The number of nitrogens with zero attached hydrogens (tertiary/aromatic N) is 4. The van der Waals surface area contributed by atoms with Gasteiger partial charge in [0, 0.05) is 5.02 Å². The van der Waals surface area contributed by atoms with Gasteiger partial charge in [-0.2, -0.15) is 18.4 Å². The molecule has 1 aromatic heterocycles. The lowest BCUT2D eigenvalue weighted by atomic mass is 10.2. The molecule has 138 valence electrons. The Kier molecular flexibility index (Phi) is 4.87. The number of nitrogens with one attached hydrogen (secondary N) is 1. The van der Waals surface area contributed by atoms with Crippen LogP contribution < -0.4 is 10.2 Å². The first kappa shape index (κ1) is 18.5. The van der Waals surface area contributed by atoms with Crippen LogP contribution in [0.5, 0.6) is 0 Å². The smallest absolute Gasteiger partial charge is 0.385 e. The highest BCUT2D eigenvalue weighted by atomic mass is 35.5. The van der Waals surface area contributed by atoms with Crippen molar-refractivity contribution >= 4 is 34.2 Å². The number of alkyl halides is 3. The van der Waals surface area contributed by atoms with E-state index in [-0.39, 0.29) is 22.3 Å². The first-order valence-corrected chi connectivity index (χ1v) is 7.71. The van der Waals surface area contributed by atoms with Crippen LogP contribution >= 0.6 is 11.6 Å². The number of hydrogen-bond donors (Lipinski definition) is 1. The molecule has 0 saturated carbocycles. The maximum absolute atomic E-state index is 12.8. The molecular weight excluding hydrogens is 387 g/mol. The van der Waals surface area contributed by atoms with E-state index in [0.29, 0.717) is 5.02 Å². The second kappa shape index (κ2) is 7.13. The van der Waals surface area contributed by atoms with Crippen LogP contribution in [0.4, 0.5) is 18.9 Å². The number of carbonyl (C=O) groups is 1. The third-order valence-electron chi connectivity index (χ3n) is 3.44. The van der Waals surface area contributed by atoms with Gasteiger partial charge < -0.3 is 10.2 Å². The maximum atomic E-state index is 12.8. The molecule has 27 heavy (non-hydrogen) atoms. The standard InChI is InChI=1S/C16H9ClF3N5O2/c17-11-3-1-9(7-21)13(6-11)22-15(26)8-27-25-14-5-10(16(18,19)20)2-4-12(14)23-24-25/h1-6H,8H2,(H,22,26). The lowest BCUT2D eigenvalue weighted by Gasteiger charge is -2.09. The zero-order valence-corrected chi connectivity index (χ0v) is 14.0. The van der Waals surface area contributed by atoms with Crippen molar-refractivity contribution in [3.05, 3.63) is 52.5 Å². The molecule has 0 spiro atoms. The van der Waals surface area contributed by atoms with Gasteiger partial charge in [0.05, 0.1) is 16.8 Å². The van der Waals surface area contributed by atoms with Crippen LogP contribution in [0, 0.1) is 11.3 Å². The Morgan fingerprint density at radius 3 is 2.78 bits per heavy atom. The van der Waals surface area contributed by atoms with Crippen LogP contribution in [0.3, 0.4) is 0 Å². The summed E-state index contributed by atoms with van der Waals surface area (Å²) >= 11 is 5.83. The number of aromatic nitrogens is 3. The summed E-state index contributed by atoms with van der Waals surface area (Å²) in [5, 5.41) is 19.0. The van der Waals surface area contributed by atoms with E-state index in [1.807, 2.05) is 6.07 Å². The fourth-order valence-corrected chi connectivity index (χ4v) is 2.37. The van der Waals surface area contributed by atoms with Gasteiger partial charge in [-0.1, -0.05) is 16.4 Å². The molecule has 11 heteroatoms. The second-order valence-corrected chi connectivity index (χ2v) is 5.72. The van der Waals surface area contributed by atoms with E-state index in [4.69, 9.17) is 21.7 Å². The van der Waals surface area contributed by atoms with E-state index in [9.17, 15) is 18.0 Å². The predicted octanol–water partition coefficient (Wildman–Crippen LogP) is 3.04. The lowest BCUT2D eigenvalue weighted by Crippen LogP contribution is -2.26. The van der Waals surface area contributed by atoms with Gasteiger partial charge in [0.1, 0.15) is 17.1 Å². The Labute approximate surface area is 154 Å². The number of fused-ring (bicyclic) bond motifs is 1. The maximum Gasteiger partial charge on any atom is 0.416 e. The van der Waals surface area contributed by atoms with Crippen molar-refractivity contribution < 1.29 is 22.8 Å². The van der Waals surface area contributed by atoms with E-state index < -0.39 is 24.3 Å². The topological polar surface area (TPSA) is 92.8 Å². The minimum atomic E-state index is -4.54. The minimum Gasteiger partial charge on any atom is -0.385 e. The molecule has 0 aliphatic carbocycles. The number of hydrogen-bond acceptors (Lipinski definition) is 5. The van der Waals surface area contributed by atoms with Crippen LogP contribution in [0.2, 0.25) is 5.02 Å². The average Bonchev–Trinajstić information content (AvgIpc) is 3.02. The number of amides is 1. The quantitative estimate of drug-likeness (QED) is 0.733. The molecule has 3 rings (SSSR count). The predicted molar refractivity (Wildman–Crippen MR) is 88.8 cm³/mol. The Morgan fingerprint density at radius 2 is 2.07 bits per heavy atom. The van der Waals surface area contributed by atoms with E-state index in [1.54, 1.807) is 0 Å². The van der Waals surface area contributed by atoms with E-state index in [0.717, 1.165) is 23.0 Å². The van der Waals surface area contributed by atoms with Crippen LogP contribution in [0.15, 0.2) is 36.4 Å². The number of anilines is 1. The molecular formula is C16H9ClF3N5O2. The Hall–Kier alpha value is -3.32. The second-order valence-electron chi connectivity index (χ2n) is 5.29. The monoisotopic (exact) mass is 395 g/mol. The van der Waals surface area contributed by atoms with Crippen LogP contribution in [-0.4, -0.2) is 27.7 Å². The van der Waals surface area contributed by atoms with Crippen molar-refractivity contribution in [3.8, 4) is 6.07 Å². The molecule has 0 aliphatic rings. The number of benzene rings is 2. The van der Waals surface area contributed by atoms with Gasteiger partial charge in [-0.3, -0.25) is 4.79 Å². The fraction of sp³-hybridized carbons (Fsp3) is 0.125. The fourth-order valence-electron chi connectivity index (χ4n) is 2.19. The van der Waals surface area contributed by atoms with Gasteiger partial charge in [0.25, 0.3) is 5.91 Å². The van der Waals surface area contributed by atoms with Gasteiger partial charge in [0.2, 0.25) is 0 Å². The van der Waals surface area contributed by atoms with Crippen molar-refractivity contribution in [2.45, 2.75) is 6.18 Å². The molecule has 0 atom stereocenters. The Morgan fingerprint density at radius 1 is 1.30 bits per heavy atom. The van der Waals surface area contributed by atoms with Crippen LogP contribution in [0.1, 0.15) is 11.1 Å². The zero-order chi connectivity index (χ0) is 19.6. The largest absolute Gasteiger partial charge is 0.416 e. The number of carbonyl (C=O) groups excluding carboxylic acids is 1. The third-order valence-corrected chi connectivity index (χ3v) is 3.67. The SMILES string of the molecule is N#Cc1ccc(Cl)cc1NC(=O)COn1nnc2ccc(C(F)(F)F)cc21. The minimum absolute atomic E-state index is 0.0434. The number of rotatable bonds is 4. The van der Waals surface area contributed by atoms with Crippen molar-refractivity contribution in [1.29, 1.82) is 5.26 Å². The summed E-state index contributed by atoms with van der Waals surface area (Å²) in [6.07, 6.45) is -4.54. The molecule has 3 aromatic rings. The van der Waals surface area contributed by atoms with Crippen molar-refractivity contribution in [3.63, 3.8) is 0 Å². The number of nitriles is 1. The molecule has 1 N–H and O–H groups in total. The molecule has 0 aliphatic heterocycles. The van der Waals surface area contributed by atoms with Gasteiger partial charge in [-0.15, -0.1) is 5.10 Å². The lowest BCUT2D eigenvalue weighted by molar-refractivity contribution is -0.137. The van der Waals surface area contributed by atoms with Crippen molar-refractivity contribution in [1.82, 2.24) is 15.2 Å². The van der Waals surface area contributed by atoms with Gasteiger partial charge >= 0.3 is 6.18 Å². The Balaban J connectivity index is 1.74. The molecule has 0 unspecified atom stereocenters. The molecule has 1 heterocycles. The third kappa shape index (κ3) is 4.09. The molecule has 0 radical (unpaired) electrons. The number of halogens is 4. The molecule has 0 bridgehead atoms. The molecule has 7 nitrogen and oxygen atoms in total. The first-order chi connectivity index (χ1) is 12.8. The first-order valence-electron chi connectivity index (χ1n) is 7.33. The summed E-state index contributed by atoms with van der Waals surface area (Å²) in [5.41, 5.74) is -0.400. The van der Waals surface area contributed by atoms with Gasteiger partial charge in [-0.25, -0.2) is 0 Å². The van der Waals surface area contributed by atoms with Crippen molar-refractivity contribution in [2.24, 2.45) is 0 Å². The summed E-state index contributed by atoms with van der Waals surface area (Å²) in [5.74, 6) is -0.663. The summed E-state index contributed by atoms with van der Waals surface area (Å²) in [4.78, 5) is 17.9. The van der Waals surface area contributed by atoms with Crippen LogP contribution in [0.25, 0.3) is 11.0 Å². The average molecular weight is 396 g/mol. The van der Waals surface area contributed by atoms with Gasteiger partial charge in [0.15, 0.2) is 6.61 Å². The van der Waals surface area contributed by atoms with Crippen molar-refractivity contribution in [2.75, 3.05) is 11.9 Å². The highest BCUT2D eigenvalue weighted by molar-refractivity contribution is 6.31. The molecule has 1 amide bonds. The normalized spacial score (nSPS) is 11.2. The summed E-state index contributed by atoms with van der Waals surface area (Å²) in [6.45, 7) is -0.577. The van der Waals surface area contributed by atoms with Crippen LogP contribution in [-0.2, 0) is 11.0 Å². The van der Waals surface area contributed by atoms with Gasteiger partial charge in [-0.05, 0) is 41.6 Å². The summed E-state index contributed by atoms with van der Waals surface area (Å²) in [7, 11) is 0. The zero-order valence-electron chi connectivity index (χ0n) is 13.3. The molecule has 0 fully saturated rings. The summed E-state index contributed by atoms with van der Waals surface area (Å²) in [6, 6.07) is 9.04. The highest BCUT2D eigenvalue weighted by Gasteiger charge is 2.31.